The number of hydrogen-bond acceptors (Lipinski definition) is 3. The van der Waals surface area contributed by atoms with Gasteiger partial charge in [-0.1, -0.05) is 30.3 Å². The van der Waals surface area contributed by atoms with Crippen LogP contribution in [0.3, 0.4) is 0 Å². The summed E-state index contributed by atoms with van der Waals surface area (Å²) >= 11 is 1.71. The van der Waals surface area contributed by atoms with E-state index >= 15 is 0 Å². The molecule has 0 radical (unpaired) electrons. The minimum atomic E-state index is 0.579. The van der Waals surface area contributed by atoms with Crippen molar-refractivity contribution in [3.8, 4) is 10.7 Å². The fourth-order valence-corrected chi connectivity index (χ4v) is 2.86. The molecule has 0 aliphatic carbocycles. The first-order valence-corrected chi connectivity index (χ1v) is 7.07. The van der Waals surface area contributed by atoms with E-state index in [9.17, 15) is 0 Å². The molecular formula is C15H15N3S. The average Bonchev–Trinajstić information content (AvgIpc) is 3.09. The standard InChI is InChI=1S/C15H15N3S/c16-10-12-3-1-4-13(9-12)11-18-7-6-17-15(18)14-5-2-8-19-14/h1-9H,10-11,16H2. The summed E-state index contributed by atoms with van der Waals surface area (Å²) in [6.45, 7) is 1.40. The first-order valence-electron chi connectivity index (χ1n) is 6.20. The van der Waals surface area contributed by atoms with Crippen molar-refractivity contribution < 1.29 is 0 Å². The highest BCUT2D eigenvalue weighted by Gasteiger charge is 2.07. The van der Waals surface area contributed by atoms with Crippen LogP contribution >= 0.6 is 11.3 Å². The number of nitrogens with two attached hydrogens (primary N) is 1. The molecule has 2 aromatic heterocycles. The van der Waals surface area contributed by atoms with E-state index in [1.165, 1.54) is 10.4 Å². The lowest BCUT2D eigenvalue weighted by atomic mass is 10.1. The molecule has 0 saturated heterocycles. The molecule has 0 aliphatic heterocycles. The van der Waals surface area contributed by atoms with E-state index in [-0.39, 0.29) is 0 Å². The molecule has 1 aromatic carbocycles. The van der Waals surface area contributed by atoms with Crippen molar-refractivity contribution in [3.05, 3.63) is 65.3 Å². The van der Waals surface area contributed by atoms with Crippen LogP contribution in [-0.4, -0.2) is 9.55 Å². The van der Waals surface area contributed by atoms with Gasteiger partial charge in [-0.2, -0.15) is 0 Å². The number of aromatic nitrogens is 2. The first-order chi connectivity index (χ1) is 9.36. The quantitative estimate of drug-likeness (QED) is 0.791. The number of benzene rings is 1. The minimum Gasteiger partial charge on any atom is -0.326 e. The van der Waals surface area contributed by atoms with Crippen molar-refractivity contribution >= 4 is 11.3 Å². The molecule has 0 bridgehead atoms. The Hall–Kier alpha value is -1.91. The predicted octanol–water partition coefficient (Wildman–Crippen LogP) is 3.12. The Morgan fingerprint density at radius 2 is 2.05 bits per heavy atom. The van der Waals surface area contributed by atoms with Gasteiger partial charge in [0.15, 0.2) is 0 Å². The van der Waals surface area contributed by atoms with E-state index in [4.69, 9.17) is 5.73 Å². The number of thiophene rings is 1. The SMILES string of the molecule is NCc1cccc(Cn2ccnc2-c2cccs2)c1. The Kier molecular flexibility index (Phi) is 3.44. The summed E-state index contributed by atoms with van der Waals surface area (Å²) in [6.07, 6.45) is 3.87. The summed E-state index contributed by atoms with van der Waals surface area (Å²) in [6, 6.07) is 12.5. The Morgan fingerprint density at radius 3 is 2.84 bits per heavy atom. The van der Waals surface area contributed by atoms with Crippen LogP contribution < -0.4 is 5.73 Å². The van der Waals surface area contributed by atoms with Crippen LogP contribution in [0.5, 0.6) is 0 Å². The summed E-state index contributed by atoms with van der Waals surface area (Å²) in [5.41, 5.74) is 8.09. The van der Waals surface area contributed by atoms with Gasteiger partial charge >= 0.3 is 0 Å². The van der Waals surface area contributed by atoms with Gasteiger partial charge < -0.3 is 10.3 Å². The zero-order valence-electron chi connectivity index (χ0n) is 10.5. The molecule has 3 nitrogen and oxygen atoms in total. The molecule has 0 aliphatic rings. The second kappa shape index (κ2) is 5.38. The molecule has 0 saturated carbocycles. The van der Waals surface area contributed by atoms with Gasteiger partial charge in [-0.3, -0.25) is 0 Å². The van der Waals surface area contributed by atoms with E-state index in [1.807, 2.05) is 18.5 Å². The number of imidazole rings is 1. The summed E-state index contributed by atoms with van der Waals surface area (Å²) < 4.78 is 2.17. The molecular weight excluding hydrogens is 254 g/mol. The molecule has 19 heavy (non-hydrogen) atoms. The lowest BCUT2D eigenvalue weighted by Gasteiger charge is -2.08. The van der Waals surface area contributed by atoms with Crippen LogP contribution in [0.1, 0.15) is 11.1 Å². The highest BCUT2D eigenvalue weighted by molar-refractivity contribution is 7.13. The summed E-state index contributed by atoms with van der Waals surface area (Å²) in [4.78, 5) is 5.64. The van der Waals surface area contributed by atoms with Crippen molar-refractivity contribution in [2.75, 3.05) is 0 Å². The molecule has 0 fully saturated rings. The molecule has 3 aromatic rings. The zero-order valence-corrected chi connectivity index (χ0v) is 11.3. The van der Waals surface area contributed by atoms with Gasteiger partial charge in [0.2, 0.25) is 0 Å². The summed E-state index contributed by atoms with van der Waals surface area (Å²) in [5.74, 6) is 1.02. The van der Waals surface area contributed by atoms with Crippen molar-refractivity contribution in [1.29, 1.82) is 0 Å². The third-order valence-corrected chi connectivity index (χ3v) is 3.90. The average molecular weight is 269 g/mol. The molecule has 96 valence electrons. The van der Waals surface area contributed by atoms with Gasteiger partial charge in [0, 0.05) is 25.5 Å². The van der Waals surface area contributed by atoms with Gasteiger partial charge in [0.25, 0.3) is 0 Å². The van der Waals surface area contributed by atoms with E-state index in [1.54, 1.807) is 11.3 Å². The molecule has 0 spiro atoms. The number of hydrogen-bond donors (Lipinski definition) is 1. The molecule has 2 heterocycles. The van der Waals surface area contributed by atoms with Gasteiger partial charge in [0.1, 0.15) is 5.82 Å². The van der Waals surface area contributed by atoms with E-state index in [0.29, 0.717) is 6.54 Å². The predicted molar refractivity (Wildman–Crippen MR) is 79.0 cm³/mol. The van der Waals surface area contributed by atoms with Gasteiger partial charge in [-0.25, -0.2) is 4.98 Å². The van der Waals surface area contributed by atoms with Crippen molar-refractivity contribution in [2.45, 2.75) is 13.1 Å². The lowest BCUT2D eigenvalue weighted by Crippen LogP contribution is -2.02. The van der Waals surface area contributed by atoms with Gasteiger partial charge in [-0.15, -0.1) is 11.3 Å². The second-order valence-electron chi connectivity index (χ2n) is 4.38. The van der Waals surface area contributed by atoms with Crippen LogP contribution in [0.25, 0.3) is 10.7 Å². The topological polar surface area (TPSA) is 43.8 Å². The molecule has 0 amide bonds. The summed E-state index contributed by atoms with van der Waals surface area (Å²) in [5, 5.41) is 2.07. The van der Waals surface area contributed by atoms with E-state index in [0.717, 1.165) is 17.9 Å². The van der Waals surface area contributed by atoms with Crippen LogP contribution in [-0.2, 0) is 13.1 Å². The minimum absolute atomic E-state index is 0.579. The maximum absolute atomic E-state index is 5.68. The third-order valence-electron chi connectivity index (χ3n) is 3.04. The molecule has 3 rings (SSSR count). The number of nitrogens with zero attached hydrogens (tertiary/aromatic N) is 2. The normalized spacial score (nSPS) is 10.8. The Morgan fingerprint density at radius 1 is 1.16 bits per heavy atom. The zero-order chi connectivity index (χ0) is 13.1. The first kappa shape index (κ1) is 12.1. The van der Waals surface area contributed by atoms with Crippen LogP contribution in [0, 0.1) is 0 Å². The van der Waals surface area contributed by atoms with Crippen molar-refractivity contribution in [1.82, 2.24) is 9.55 Å². The maximum atomic E-state index is 5.68. The van der Waals surface area contributed by atoms with Crippen LogP contribution in [0.4, 0.5) is 0 Å². The smallest absolute Gasteiger partial charge is 0.150 e. The Labute approximate surface area is 116 Å². The Balaban J connectivity index is 1.89. The monoisotopic (exact) mass is 269 g/mol. The molecule has 0 atom stereocenters. The van der Waals surface area contributed by atoms with Crippen LogP contribution in [0.15, 0.2) is 54.2 Å². The van der Waals surface area contributed by atoms with Crippen LogP contribution in [0.2, 0.25) is 0 Å². The second-order valence-corrected chi connectivity index (χ2v) is 5.33. The van der Waals surface area contributed by atoms with Crippen molar-refractivity contribution in [2.24, 2.45) is 5.73 Å². The number of rotatable bonds is 4. The highest BCUT2D eigenvalue weighted by Crippen LogP contribution is 2.23. The molecule has 0 unspecified atom stereocenters. The van der Waals surface area contributed by atoms with Gasteiger partial charge in [-0.05, 0) is 22.6 Å². The summed E-state index contributed by atoms with van der Waals surface area (Å²) in [7, 11) is 0. The van der Waals surface area contributed by atoms with E-state index in [2.05, 4.69) is 45.3 Å². The van der Waals surface area contributed by atoms with Gasteiger partial charge in [0.05, 0.1) is 4.88 Å². The maximum Gasteiger partial charge on any atom is 0.150 e. The molecule has 4 heteroatoms. The fourth-order valence-electron chi connectivity index (χ4n) is 2.12. The fraction of sp³-hybridized carbons (Fsp3) is 0.133. The highest BCUT2D eigenvalue weighted by atomic mass is 32.1. The molecule has 2 N–H and O–H groups in total. The lowest BCUT2D eigenvalue weighted by molar-refractivity contribution is 0.806. The third kappa shape index (κ3) is 2.59. The van der Waals surface area contributed by atoms with E-state index < -0.39 is 0 Å². The van der Waals surface area contributed by atoms with Crippen molar-refractivity contribution in [3.63, 3.8) is 0 Å². The Bertz CT molecular complexity index is 656. The largest absolute Gasteiger partial charge is 0.326 e.